The number of esters is 1. The van der Waals surface area contributed by atoms with Gasteiger partial charge < -0.3 is 14.4 Å². The molecule has 1 rings (SSSR count). The van der Waals surface area contributed by atoms with Gasteiger partial charge in [0.25, 0.3) is 0 Å². The van der Waals surface area contributed by atoms with Gasteiger partial charge in [0.15, 0.2) is 0 Å². The maximum absolute atomic E-state index is 11.4. The lowest BCUT2D eigenvalue weighted by atomic mass is 10.2. The molecule has 0 aliphatic carbocycles. The smallest absolute Gasteiger partial charge is 0.310 e. The van der Waals surface area contributed by atoms with Crippen LogP contribution in [-0.4, -0.2) is 42.7 Å². The molecule has 0 aliphatic rings. The van der Waals surface area contributed by atoms with Crippen molar-refractivity contribution < 1.29 is 14.3 Å². The lowest BCUT2D eigenvalue weighted by Gasteiger charge is -2.21. The van der Waals surface area contributed by atoms with E-state index in [0.29, 0.717) is 18.4 Å². The molecule has 1 heterocycles. The summed E-state index contributed by atoms with van der Waals surface area (Å²) in [5, 5.41) is 0. The second-order valence-electron chi connectivity index (χ2n) is 5.12. The molecule has 112 valence electrons. The molecule has 1 unspecified atom stereocenters. The third-order valence-electron chi connectivity index (χ3n) is 2.67. The van der Waals surface area contributed by atoms with Gasteiger partial charge in [0, 0.05) is 25.4 Å². The van der Waals surface area contributed by atoms with Gasteiger partial charge in [-0.25, -0.2) is 4.98 Å². The van der Waals surface area contributed by atoms with E-state index in [1.54, 1.807) is 6.07 Å². The highest BCUT2D eigenvalue weighted by Crippen LogP contribution is 2.16. The summed E-state index contributed by atoms with van der Waals surface area (Å²) in [6.45, 7) is 8.07. The molecule has 6 nitrogen and oxygen atoms in total. The van der Waals surface area contributed by atoms with Crippen LogP contribution in [0.2, 0.25) is 0 Å². The summed E-state index contributed by atoms with van der Waals surface area (Å²) >= 11 is 0. The van der Waals surface area contributed by atoms with E-state index in [9.17, 15) is 4.79 Å². The van der Waals surface area contributed by atoms with E-state index in [1.165, 1.54) is 7.11 Å². The molecule has 0 aliphatic heterocycles. The number of anilines is 1. The number of carbonyl (C=O) groups is 1. The average molecular weight is 281 g/mol. The van der Waals surface area contributed by atoms with Gasteiger partial charge in [-0.2, -0.15) is 4.98 Å². The summed E-state index contributed by atoms with van der Waals surface area (Å²) in [6, 6.07) is 1.79. The third-order valence-corrected chi connectivity index (χ3v) is 2.67. The number of carbonyl (C=O) groups excluding carboxylic acids is 1. The highest BCUT2D eigenvalue weighted by Gasteiger charge is 2.18. The molecule has 0 aromatic carbocycles. The Morgan fingerprint density at radius 3 is 2.55 bits per heavy atom. The number of aromatic nitrogens is 2. The fourth-order valence-corrected chi connectivity index (χ4v) is 1.77. The summed E-state index contributed by atoms with van der Waals surface area (Å²) in [5.41, 5.74) is 0.822. The topological polar surface area (TPSA) is 64.5 Å². The molecule has 20 heavy (non-hydrogen) atoms. The number of hydrogen-bond donors (Lipinski definition) is 0. The summed E-state index contributed by atoms with van der Waals surface area (Å²) in [6.07, 6.45) is 0.0523. The number of nitrogens with zero attached hydrogens (tertiary/aromatic N) is 3. The first kappa shape index (κ1) is 16.2. The van der Waals surface area contributed by atoms with E-state index in [4.69, 9.17) is 9.47 Å². The zero-order valence-electron chi connectivity index (χ0n) is 13.0. The van der Waals surface area contributed by atoms with Crippen LogP contribution in [0.5, 0.6) is 5.88 Å². The van der Waals surface area contributed by atoms with Crippen LogP contribution in [0.15, 0.2) is 6.07 Å². The first-order valence-electron chi connectivity index (χ1n) is 6.64. The van der Waals surface area contributed by atoms with Crippen LogP contribution < -0.4 is 9.64 Å². The summed E-state index contributed by atoms with van der Waals surface area (Å²) < 4.78 is 10.3. The molecule has 0 saturated carbocycles. The predicted molar refractivity (Wildman–Crippen MR) is 77.0 cm³/mol. The zero-order chi connectivity index (χ0) is 15.3. The van der Waals surface area contributed by atoms with Crippen molar-refractivity contribution in [1.82, 2.24) is 9.97 Å². The number of rotatable bonds is 6. The van der Waals surface area contributed by atoms with Crippen LogP contribution in [0.4, 0.5) is 5.95 Å². The van der Waals surface area contributed by atoms with Crippen molar-refractivity contribution in [3.63, 3.8) is 0 Å². The largest absolute Gasteiger partial charge is 0.475 e. The monoisotopic (exact) mass is 281 g/mol. The zero-order valence-corrected chi connectivity index (χ0v) is 13.0. The van der Waals surface area contributed by atoms with E-state index in [0.717, 1.165) is 5.69 Å². The second kappa shape index (κ2) is 7.07. The molecule has 0 fully saturated rings. The Morgan fingerprint density at radius 1 is 1.35 bits per heavy atom. The minimum atomic E-state index is -0.247. The summed E-state index contributed by atoms with van der Waals surface area (Å²) in [7, 11) is 3.23. The van der Waals surface area contributed by atoms with Gasteiger partial charge in [0.2, 0.25) is 11.8 Å². The van der Waals surface area contributed by atoms with Crippen LogP contribution in [0.3, 0.4) is 0 Å². The molecule has 0 spiro atoms. The van der Waals surface area contributed by atoms with Gasteiger partial charge in [-0.05, 0) is 20.8 Å². The van der Waals surface area contributed by atoms with Crippen molar-refractivity contribution in [1.29, 1.82) is 0 Å². The van der Waals surface area contributed by atoms with E-state index in [2.05, 4.69) is 9.97 Å². The van der Waals surface area contributed by atoms with Crippen LogP contribution in [0.1, 0.15) is 26.5 Å². The summed E-state index contributed by atoms with van der Waals surface area (Å²) in [4.78, 5) is 22.0. The molecule has 0 bridgehead atoms. The Bertz CT molecular complexity index is 463. The highest BCUT2D eigenvalue weighted by molar-refractivity contribution is 5.72. The fourth-order valence-electron chi connectivity index (χ4n) is 1.77. The van der Waals surface area contributed by atoms with E-state index in [-0.39, 0.29) is 18.0 Å². The Hall–Kier alpha value is -1.85. The molecule has 0 radical (unpaired) electrons. The molecule has 0 saturated heterocycles. The summed E-state index contributed by atoms with van der Waals surface area (Å²) in [5.74, 6) is 0.586. The quantitative estimate of drug-likeness (QED) is 0.741. The maximum atomic E-state index is 11.4. The Kier molecular flexibility index (Phi) is 5.73. The van der Waals surface area contributed by atoms with Crippen molar-refractivity contribution in [3.05, 3.63) is 11.8 Å². The van der Waals surface area contributed by atoms with Crippen LogP contribution in [-0.2, 0) is 9.53 Å². The Labute approximate surface area is 120 Å². The van der Waals surface area contributed by atoms with Crippen molar-refractivity contribution in [2.75, 3.05) is 25.6 Å². The van der Waals surface area contributed by atoms with Crippen molar-refractivity contribution >= 4 is 11.9 Å². The van der Waals surface area contributed by atoms with E-state index < -0.39 is 0 Å². The van der Waals surface area contributed by atoms with Gasteiger partial charge in [-0.1, -0.05) is 6.92 Å². The van der Waals surface area contributed by atoms with Gasteiger partial charge >= 0.3 is 5.97 Å². The van der Waals surface area contributed by atoms with Gasteiger partial charge in [0.1, 0.15) is 0 Å². The number of methoxy groups -OCH3 is 1. The van der Waals surface area contributed by atoms with Gasteiger partial charge in [-0.15, -0.1) is 0 Å². The predicted octanol–water partition coefficient (Wildman–Crippen LogP) is 1.82. The van der Waals surface area contributed by atoms with Gasteiger partial charge in [-0.3, -0.25) is 4.79 Å². The first-order valence-corrected chi connectivity index (χ1v) is 6.64. The standard InChI is InChI=1S/C14H23N3O3/c1-9(2)20-12-7-11(4)15-14(16-12)17(5)8-10(3)13(18)19-6/h7,9-10H,8H2,1-6H3. The SMILES string of the molecule is COC(=O)C(C)CN(C)c1nc(C)cc(OC(C)C)n1. The lowest BCUT2D eigenvalue weighted by Crippen LogP contribution is -2.30. The molecule has 6 heteroatoms. The van der Waals surface area contributed by atoms with E-state index in [1.807, 2.05) is 39.6 Å². The molecular formula is C14H23N3O3. The number of ether oxygens (including phenoxy) is 2. The fraction of sp³-hybridized carbons (Fsp3) is 0.643. The molecule has 1 aromatic heterocycles. The second-order valence-corrected chi connectivity index (χ2v) is 5.12. The Balaban J connectivity index is 2.84. The minimum absolute atomic E-state index is 0.0523. The molecule has 0 amide bonds. The van der Waals surface area contributed by atoms with Crippen LogP contribution >= 0.6 is 0 Å². The Morgan fingerprint density at radius 2 is 2.00 bits per heavy atom. The molecule has 1 atom stereocenters. The van der Waals surface area contributed by atoms with Crippen LogP contribution in [0.25, 0.3) is 0 Å². The first-order chi connectivity index (χ1) is 9.33. The molecular weight excluding hydrogens is 258 g/mol. The number of hydrogen-bond acceptors (Lipinski definition) is 6. The van der Waals surface area contributed by atoms with Crippen LogP contribution in [0, 0.1) is 12.8 Å². The third kappa shape index (κ3) is 4.68. The normalized spacial score (nSPS) is 12.2. The van der Waals surface area contributed by atoms with Crippen molar-refractivity contribution in [2.24, 2.45) is 5.92 Å². The number of aryl methyl sites for hydroxylation is 1. The van der Waals surface area contributed by atoms with Gasteiger partial charge in [0.05, 0.1) is 19.1 Å². The molecule has 1 aromatic rings. The minimum Gasteiger partial charge on any atom is -0.475 e. The lowest BCUT2D eigenvalue weighted by molar-refractivity contribution is -0.144. The highest BCUT2D eigenvalue weighted by atomic mass is 16.5. The van der Waals surface area contributed by atoms with Crippen molar-refractivity contribution in [3.8, 4) is 5.88 Å². The average Bonchev–Trinajstić information content (AvgIpc) is 2.35. The van der Waals surface area contributed by atoms with E-state index >= 15 is 0 Å². The molecule has 0 N–H and O–H groups in total. The van der Waals surface area contributed by atoms with Crippen molar-refractivity contribution in [2.45, 2.75) is 33.8 Å². The maximum Gasteiger partial charge on any atom is 0.310 e.